The Morgan fingerprint density at radius 1 is 1.22 bits per heavy atom. The second-order valence-electron chi connectivity index (χ2n) is 4.56. The Morgan fingerprint density at radius 3 is 2.61 bits per heavy atom. The van der Waals surface area contributed by atoms with Crippen LogP contribution in [0.15, 0.2) is 0 Å². The second kappa shape index (κ2) is 5.72. The molecule has 2 rings (SSSR count). The van der Waals surface area contributed by atoms with E-state index in [1.807, 2.05) is 0 Å². The van der Waals surface area contributed by atoms with Gasteiger partial charge in [0.25, 0.3) is 0 Å². The average Bonchev–Trinajstić information content (AvgIpc) is 2.37. The van der Waals surface area contributed by atoms with E-state index in [2.05, 4.69) is 9.97 Å². The molecular weight excluding hydrogens is 234 g/mol. The summed E-state index contributed by atoms with van der Waals surface area (Å²) >= 11 is 0. The zero-order valence-corrected chi connectivity index (χ0v) is 10.2. The molecule has 1 aliphatic carbocycles. The highest BCUT2D eigenvalue weighted by Gasteiger charge is 2.16. The lowest BCUT2D eigenvalue weighted by molar-refractivity contribution is 0.204. The Kier molecular flexibility index (Phi) is 4.03. The van der Waals surface area contributed by atoms with Crippen molar-refractivity contribution in [2.45, 2.75) is 32.1 Å². The van der Waals surface area contributed by atoms with Gasteiger partial charge in [-0.05, 0) is 18.8 Å². The lowest BCUT2D eigenvalue weighted by atomic mass is 9.90. The van der Waals surface area contributed by atoms with Crippen molar-refractivity contribution >= 4 is 17.5 Å². The number of ether oxygens (including phenoxy) is 1. The second-order valence-corrected chi connectivity index (χ2v) is 4.56. The molecule has 1 heterocycles. The number of nitrogen functional groups attached to an aromatic ring is 2. The van der Waals surface area contributed by atoms with E-state index in [9.17, 15) is 5.21 Å². The van der Waals surface area contributed by atoms with Crippen LogP contribution in [0.5, 0.6) is 5.88 Å². The molecule has 0 saturated heterocycles. The Balaban J connectivity index is 2.03. The topological polar surface area (TPSA) is 122 Å². The third kappa shape index (κ3) is 2.92. The van der Waals surface area contributed by atoms with Crippen LogP contribution >= 0.6 is 0 Å². The molecule has 1 saturated carbocycles. The number of hydrogen-bond donors (Lipinski definition) is 3. The molecule has 0 spiro atoms. The molecule has 0 aliphatic heterocycles. The number of nitrogens with one attached hydrogen (secondary N) is 1. The van der Waals surface area contributed by atoms with Gasteiger partial charge in [-0.1, -0.05) is 19.3 Å². The number of nitrogens with zero attached hydrogens (tertiary/aromatic N) is 2. The minimum atomic E-state index is 0.00476. The first-order valence-corrected chi connectivity index (χ1v) is 6.14. The minimum Gasteiger partial charge on any atom is -0.761 e. The van der Waals surface area contributed by atoms with Crippen LogP contribution in [0.25, 0.3) is 0 Å². The molecule has 1 aliphatic rings. The van der Waals surface area contributed by atoms with Gasteiger partial charge in [-0.25, -0.2) is 0 Å². The third-order valence-corrected chi connectivity index (χ3v) is 3.20. The van der Waals surface area contributed by atoms with Crippen LogP contribution in [0.1, 0.15) is 32.1 Å². The molecule has 5 N–H and O–H groups in total. The van der Waals surface area contributed by atoms with Gasteiger partial charge >= 0.3 is 0 Å². The lowest BCUT2D eigenvalue weighted by Crippen LogP contribution is -2.17. The summed E-state index contributed by atoms with van der Waals surface area (Å²) in [4.78, 5) is 7.59. The standard InChI is InChI=1S/C11H18N5O2/c12-9-8(16-17)10(15-11(13)14-9)18-6-7-4-2-1-3-5-7/h7,16H,1-6H2,(H4,12,13,14,15)/q-1. The fourth-order valence-corrected chi connectivity index (χ4v) is 2.22. The van der Waals surface area contributed by atoms with Crippen molar-refractivity contribution in [3.8, 4) is 5.88 Å². The van der Waals surface area contributed by atoms with E-state index in [0.29, 0.717) is 12.5 Å². The monoisotopic (exact) mass is 252 g/mol. The summed E-state index contributed by atoms with van der Waals surface area (Å²) in [6, 6.07) is 0. The van der Waals surface area contributed by atoms with E-state index in [0.717, 1.165) is 12.8 Å². The third-order valence-electron chi connectivity index (χ3n) is 3.20. The predicted octanol–water partition coefficient (Wildman–Crippen LogP) is 1.51. The van der Waals surface area contributed by atoms with E-state index < -0.39 is 0 Å². The summed E-state index contributed by atoms with van der Waals surface area (Å²) in [5.74, 6) is 0.664. The molecule has 0 radical (unpaired) electrons. The Bertz CT molecular complexity index is 407. The first-order chi connectivity index (χ1) is 8.70. The van der Waals surface area contributed by atoms with Crippen molar-refractivity contribution in [1.82, 2.24) is 9.97 Å². The highest BCUT2D eigenvalue weighted by Crippen LogP contribution is 2.30. The van der Waals surface area contributed by atoms with Crippen molar-refractivity contribution in [1.29, 1.82) is 0 Å². The quantitative estimate of drug-likeness (QED) is 0.694. The Hall–Kier alpha value is -1.76. The van der Waals surface area contributed by atoms with E-state index >= 15 is 0 Å². The van der Waals surface area contributed by atoms with Gasteiger partial charge in [0, 0.05) is 0 Å². The summed E-state index contributed by atoms with van der Waals surface area (Å²) in [6.07, 6.45) is 6.05. The Labute approximate surface area is 106 Å². The molecule has 7 nitrogen and oxygen atoms in total. The van der Waals surface area contributed by atoms with Crippen molar-refractivity contribution in [2.75, 3.05) is 23.6 Å². The van der Waals surface area contributed by atoms with Gasteiger partial charge in [0.1, 0.15) is 5.69 Å². The number of aromatic nitrogens is 2. The Morgan fingerprint density at radius 2 is 1.94 bits per heavy atom. The number of hydrogen-bond acceptors (Lipinski definition) is 7. The van der Waals surface area contributed by atoms with E-state index in [1.165, 1.54) is 19.3 Å². The van der Waals surface area contributed by atoms with Crippen LogP contribution in [0.2, 0.25) is 0 Å². The molecular formula is C11H18N5O2-. The first-order valence-electron chi connectivity index (χ1n) is 6.14. The van der Waals surface area contributed by atoms with Gasteiger partial charge in [-0.2, -0.15) is 9.97 Å². The van der Waals surface area contributed by atoms with Crippen LogP contribution < -0.4 is 21.7 Å². The number of anilines is 3. The molecule has 0 unspecified atom stereocenters. The smallest absolute Gasteiger partial charge is 0.243 e. The first kappa shape index (κ1) is 12.7. The zero-order valence-electron chi connectivity index (χ0n) is 10.2. The van der Waals surface area contributed by atoms with Crippen LogP contribution in [0.3, 0.4) is 0 Å². The van der Waals surface area contributed by atoms with Crippen LogP contribution in [-0.2, 0) is 0 Å². The summed E-state index contributed by atoms with van der Waals surface area (Å²) in [6.45, 7) is 0.532. The molecule has 1 aromatic heterocycles. The van der Waals surface area contributed by atoms with Crippen molar-refractivity contribution in [2.24, 2.45) is 5.92 Å². The van der Waals surface area contributed by atoms with Crippen molar-refractivity contribution in [3.63, 3.8) is 0 Å². The summed E-state index contributed by atoms with van der Waals surface area (Å²) < 4.78 is 5.56. The van der Waals surface area contributed by atoms with Gasteiger partial charge in [-0.15, -0.1) is 0 Å². The van der Waals surface area contributed by atoms with Gasteiger partial charge in [0.2, 0.25) is 11.8 Å². The SMILES string of the molecule is Nc1nc(N)c(N[O-])c(OCC2CCCCC2)n1. The van der Waals surface area contributed by atoms with Gasteiger partial charge in [-0.3, -0.25) is 0 Å². The fourth-order valence-electron chi connectivity index (χ4n) is 2.22. The molecule has 0 atom stereocenters. The van der Waals surface area contributed by atoms with E-state index in [-0.39, 0.29) is 23.3 Å². The molecule has 1 aromatic rings. The molecule has 0 aromatic carbocycles. The normalized spacial score (nSPS) is 16.5. The van der Waals surface area contributed by atoms with Crippen molar-refractivity contribution in [3.05, 3.63) is 5.21 Å². The minimum absolute atomic E-state index is 0.00476. The average molecular weight is 252 g/mol. The summed E-state index contributed by atoms with van der Waals surface area (Å²) in [5, 5.41) is 10.8. The van der Waals surface area contributed by atoms with Crippen LogP contribution in [0, 0.1) is 11.1 Å². The molecule has 7 heteroatoms. The fraction of sp³-hybridized carbons (Fsp3) is 0.636. The summed E-state index contributed by atoms with van der Waals surface area (Å²) in [7, 11) is 0. The van der Waals surface area contributed by atoms with E-state index in [1.54, 1.807) is 5.48 Å². The maximum Gasteiger partial charge on any atom is 0.243 e. The number of rotatable bonds is 4. The molecule has 0 bridgehead atoms. The molecule has 1 fully saturated rings. The van der Waals surface area contributed by atoms with E-state index in [4.69, 9.17) is 16.2 Å². The highest BCUT2D eigenvalue weighted by molar-refractivity contribution is 5.69. The molecule has 0 amide bonds. The van der Waals surface area contributed by atoms with Gasteiger partial charge < -0.3 is 26.9 Å². The van der Waals surface area contributed by atoms with Crippen molar-refractivity contribution < 1.29 is 4.74 Å². The van der Waals surface area contributed by atoms with Crippen LogP contribution in [-0.4, -0.2) is 16.6 Å². The molecule has 100 valence electrons. The predicted molar refractivity (Wildman–Crippen MR) is 69.9 cm³/mol. The maximum absolute atomic E-state index is 10.8. The zero-order chi connectivity index (χ0) is 13.0. The highest BCUT2D eigenvalue weighted by atomic mass is 16.5. The largest absolute Gasteiger partial charge is 0.761 e. The van der Waals surface area contributed by atoms with Gasteiger partial charge in [0.05, 0.1) is 6.61 Å². The maximum atomic E-state index is 10.8. The molecule has 18 heavy (non-hydrogen) atoms. The van der Waals surface area contributed by atoms with Crippen LogP contribution in [0.4, 0.5) is 17.5 Å². The number of nitrogens with two attached hydrogens (primary N) is 2. The summed E-state index contributed by atoms with van der Waals surface area (Å²) in [5.41, 5.74) is 12.8. The lowest BCUT2D eigenvalue weighted by Gasteiger charge is -2.23. The van der Waals surface area contributed by atoms with Gasteiger partial charge in [0.15, 0.2) is 5.82 Å².